The van der Waals surface area contributed by atoms with E-state index in [1.807, 2.05) is 13.8 Å². The summed E-state index contributed by atoms with van der Waals surface area (Å²) in [6.07, 6.45) is 4.43. The van der Waals surface area contributed by atoms with E-state index in [-0.39, 0.29) is 17.5 Å². The molecule has 0 saturated carbocycles. The highest BCUT2D eigenvalue weighted by Crippen LogP contribution is 2.17. The van der Waals surface area contributed by atoms with Crippen LogP contribution in [0, 0.1) is 0 Å². The van der Waals surface area contributed by atoms with E-state index in [0.717, 1.165) is 19.6 Å². The van der Waals surface area contributed by atoms with Gasteiger partial charge in [-0.15, -0.1) is 0 Å². The molecule has 0 radical (unpaired) electrons. The molecule has 1 rings (SSSR count). The van der Waals surface area contributed by atoms with Gasteiger partial charge in [0.05, 0.1) is 0 Å². The summed E-state index contributed by atoms with van der Waals surface area (Å²) >= 11 is 0. The molecular weight excluding hydrogens is 250 g/mol. The number of nitrogens with one attached hydrogen (secondary N) is 2. The molecule has 2 N–H and O–H groups in total. The van der Waals surface area contributed by atoms with Crippen LogP contribution in [0.1, 0.15) is 60.3 Å². The van der Waals surface area contributed by atoms with E-state index in [2.05, 4.69) is 36.3 Å². The lowest BCUT2D eigenvalue weighted by Gasteiger charge is -2.37. The quantitative estimate of drug-likeness (QED) is 0.785. The molecule has 1 unspecified atom stereocenters. The number of piperidine rings is 1. The van der Waals surface area contributed by atoms with E-state index in [0.29, 0.717) is 12.5 Å². The fraction of sp³-hybridized carbons (Fsp3) is 0.938. The lowest BCUT2D eigenvalue weighted by atomic mass is 10.00. The lowest BCUT2D eigenvalue weighted by molar-refractivity contribution is -0.122. The van der Waals surface area contributed by atoms with Crippen molar-refractivity contribution in [2.24, 2.45) is 0 Å². The van der Waals surface area contributed by atoms with Crippen molar-refractivity contribution < 1.29 is 4.79 Å². The number of carbonyl (C=O) groups excluding carboxylic acids is 1. The molecule has 1 saturated heterocycles. The van der Waals surface area contributed by atoms with Crippen molar-refractivity contribution in [2.75, 3.05) is 19.6 Å². The largest absolute Gasteiger partial charge is 0.354 e. The summed E-state index contributed by atoms with van der Waals surface area (Å²) in [6.45, 7) is 13.7. The highest BCUT2D eigenvalue weighted by atomic mass is 16.1. The Morgan fingerprint density at radius 3 is 2.60 bits per heavy atom. The molecule has 1 atom stereocenters. The maximum atomic E-state index is 11.8. The Morgan fingerprint density at radius 2 is 2.00 bits per heavy atom. The highest BCUT2D eigenvalue weighted by molar-refractivity contribution is 5.76. The van der Waals surface area contributed by atoms with Gasteiger partial charge in [-0.1, -0.05) is 6.42 Å². The summed E-state index contributed by atoms with van der Waals surface area (Å²) in [6, 6.07) is 0.817. The first kappa shape index (κ1) is 17.4. The molecule has 1 fully saturated rings. The summed E-state index contributed by atoms with van der Waals surface area (Å²) in [5.74, 6) is 0.174. The summed E-state index contributed by atoms with van der Waals surface area (Å²) in [4.78, 5) is 14.3. The van der Waals surface area contributed by atoms with E-state index in [9.17, 15) is 4.79 Å². The van der Waals surface area contributed by atoms with E-state index < -0.39 is 0 Å². The fourth-order valence-corrected chi connectivity index (χ4v) is 2.65. The maximum Gasteiger partial charge on any atom is 0.221 e. The Hall–Kier alpha value is -0.610. The van der Waals surface area contributed by atoms with Crippen molar-refractivity contribution in [3.8, 4) is 0 Å². The van der Waals surface area contributed by atoms with E-state index in [1.165, 1.54) is 19.3 Å². The molecule has 1 amide bonds. The smallest absolute Gasteiger partial charge is 0.221 e. The number of rotatable bonds is 6. The molecule has 20 heavy (non-hydrogen) atoms. The second-order valence-corrected chi connectivity index (χ2v) is 7.29. The van der Waals surface area contributed by atoms with Crippen LogP contribution in [0.5, 0.6) is 0 Å². The van der Waals surface area contributed by atoms with Gasteiger partial charge in [-0.05, 0) is 54.0 Å². The van der Waals surface area contributed by atoms with Gasteiger partial charge in [0.2, 0.25) is 5.91 Å². The first-order chi connectivity index (χ1) is 9.28. The number of likely N-dealkylation sites (tertiary alicyclic amines) is 1. The third kappa shape index (κ3) is 7.25. The summed E-state index contributed by atoms with van der Waals surface area (Å²) in [7, 11) is 0. The predicted molar refractivity (Wildman–Crippen MR) is 84.9 cm³/mol. The minimum absolute atomic E-state index is 0.165. The van der Waals surface area contributed by atoms with Gasteiger partial charge in [0, 0.05) is 37.1 Å². The van der Waals surface area contributed by atoms with Gasteiger partial charge in [0.15, 0.2) is 0 Å². The Balaban J connectivity index is 2.38. The molecular formula is C16H33N3O. The molecule has 0 aromatic heterocycles. The number of amides is 1. The standard InChI is InChI=1S/C16H33N3O/c1-13(2)18-15(20)9-11-19-10-7-6-8-14(19)12-17-16(3,4)5/h13-14,17H,6-12H2,1-5H3,(H,18,20). The Morgan fingerprint density at radius 1 is 1.30 bits per heavy atom. The van der Waals surface area contributed by atoms with E-state index >= 15 is 0 Å². The van der Waals surface area contributed by atoms with Gasteiger partial charge in [-0.25, -0.2) is 0 Å². The molecule has 118 valence electrons. The van der Waals surface area contributed by atoms with Crippen molar-refractivity contribution >= 4 is 5.91 Å². The molecule has 1 heterocycles. The van der Waals surface area contributed by atoms with E-state index in [4.69, 9.17) is 0 Å². The molecule has 1 aliphatic heterocycles. The van der Waals surface area contributed by atoms with Crippen LogP contribution in [0.3, 0.4) is 0 Å². The van der Waals surface area contributed by atoms with Crippen LogP contribution in [0.4, 0.5) is 0 Å². The predicted octanol–water partition coefficient (Wildman–Crippen LogP) is 2.14. The van der Waals surface area contributed by atoms with Crippen LogP contribution in [-0.4, -0.2) is 48.1 Å². The molecule has 0 spiro atoms. The van der Waals surface area contributed by atoms with E-state index in [1.54, 1.807) is 0 Å². The van der Waals surface area contributed by atoms with Gasteiger partial charge in [0.25, 0.3) is 0 Å². The van der Waals surface area contributed by atoms with Gasteiger partial charge in [-0.2, -0.15) is 0 Å². The van der Waals surface area contributed by atoms with Crippen LogP contribution in [-0.2, 0) is 4.79 Å². The number of carbonyl (C=O) groups is 1. The second kappa shape index (κ2) is 7.99. The number of nitrogens with zero attached hydrogens (tertiary/aromatic N) is 1. The first-order valence-electron chi connectivity index (χ1n) is 8.06. The van der Waals surface area contributed by atoms with Crippen LogP contribution in [0.15, 0.2) is 0 Å². The zero-order chi connectivity index (χ0) is 15.2. The molecule has 0 aromatic carbocycles. The average Bonchev–Trinajstić information content (AvgIpc) is 2.33. The summed E-state index contributed by atoms with van der Waals surface area (Å²) in [5.41, 5.74) is 0.165. The molecule has 0 aromatic rings. The molecule has 4 nitrogen and oxygen atoms in total. The Kier molecular flexibility index (Phi) is 6.96. The molecule has 0 bridgehead atoms. The highest BCUT2D eigenvalue weighted by Gasteiger charge is 2.24. The van der Waals surface area contributed by atoms with Crippen LogP contribution >= 0.6 is 0 Å². The van der Waals surface area contributed by atoms with Crippen molar-refractivity contribution in [3.05, 3.63) is 0 Å². The molecule has 4 heteroatoms. The SMILES string of the molecule is CC(C)NC(=O)CCN1CCCCC1CNC(C)(C)C. The average molecular weight is 283 g/mol. The van der Waals surface area contributed by atoms with Crippen molar-refractivity contribution in [1.29, 1.82) is 0 Å². The number of hydrogen-bond donors (Lipinski definition) is 2. The maximum absolute atomic E-state index is 11.8. The van der Waals surface area contributed by atoms with Gasteiger partial charge >= 0.3 is 0 Å². The number of hydrogen-bond acceptors (Lipinski definition) is 3. The third-order valence-electron chi connectivity index (χ3n) is 3.69. The zero-order valence-electron chi connectivity index (χ0n) is 14.0. The summed E-state index contributed by atoms with van der Waals surface area (Å²) < 4.78 is 0. The normalized spacial score (nSPS) is 21.2. The van der Waals surface area contributed by atoms with Crippen molar-refractivity contribution in [1.82, 2.24) is 15.5 Å². The monoisotopic (exact) mass is 283 g/mol. The first-order valence-corrected chi connectivity index (χ1v) is 8.06. The Labute approximate surface area is 124 Å². The Bertz CT molecular complexity index is 297. The zero-order valence-corrected chi connectivity index (χ0v) is 14.0. The van der Waals surface area contributed by atoms with Crippen LogP contribution in [0.25, 0.3) is 0 Å². The molecule has 0 aliphatic carbocycles. The topological polar surface area (TPSA) is 44.4 Å². The third-order valence-corrected chi connectivity index (χ3v) is 3.69. The van der Waals surface area contributed by atoms with Gasteiger partial charge in [0.1, 0.15) is 0 Å². The second-order valence-electron chi connectivity index (χ2n) is 7.29. The van der Waals surface area contributed by atoms with Crippen molar-refractivity contribution in [3.63, 3.8) is 0 Å². The van der Waals surface area contributed by atoms with Crippen molar-refractivity contribution in [2.45, 2.75) is 77.9 Å². The fourth-order valence-electron chi connectivity index (χ4n) is 2.65. The summed E-state index contributed by atoms with van der Waals surface area (Å²) in [5, 5.41) is 6.57. The van der Waals surface area contributed by atoms with Crippen LogP contribution in [0.2, 0.25) is 0 Å². The minimum Gasteiger partial charge on any atom is -0.354 e. The van der Waals surface area contributed by atoms with Gasteiger partial charge < -0.3 is 10.6 Å². The lowest BCUT2D eigenvalue weighted by Crippen LogP contribution is -2.50. The minimum atomic E-state index is 0.165. The van der Waals surface area contributed by atoms with Crippen LogP contribution < -0.4 is 10.6 Å². The van der Waals surface area contributed by atoms with Gasteiger partial charge in [-0.3, -0.25) is 9.69 Å². The molecule has 1 aliphatic rings.